The molecular formula is C15H21F3N2O. The van der Waals surface area contributed by atoms with Crippen LogP contribution in [0, 0.1) is 0 Å². The summed E-state index contributed by atoms with van der Waals surface area (Å²) in [4.78, 5) is 3.95. The van der Waals surface area contributed by atoms with Crippen molar-refractivity contribution in [1.29, 1.82) is 0 Å². The van der Waals surface area contributed by atoms with E-state index in [4.69, 9.17) is 0 Å². The molecule has 1 aliphatic heterocycles. The maximum atomic E-state index is 12.8. The maximum absolute atomic E-state index is 12.8. The Morgan fingerprint density at radius 3 is 2.29 bits per heavy atom. The highest BCUT2D eigenvalue weighted by Gasteiger charge is 2.54. The van der Waals surface area contributed by atoms with E-state index in [1.54, 1.807) is 0 Å². The van der Waals surface area contributed by atoms with Gasteiger partial charge in [-0.3, -0.25) is 4.90 Å². The third-order valence-corrected chi connectivity index (χ3v) is 4.08. The van der Waals surface area contributed by atoms with Crippen molar-refractivity contribution in [3.63, 3.8) is 0 Å². The number of anilines is 1. The summed E-state index contributed by atoms with van der Waals surface area (Å²) in [6.45, 7) is 1.10. The predicted octanol–water partition coefficient (Wildman–Crippen LogP) is 2.64. The summed E-state index contributed by atoms with van der Waals surface area (Å²) < 4.78 is 38.3. The summed E-state index contributed by atoms with van der Waals surface area (Å²) in [7, 11) is 3.88. The lowest BCUT2D eigenvalue weighted by Gasteiger charge is -2.39. The van der Waals surface area contributed by atoms with Crippen LogP contribution in [0.3, 0.4) is 0 Å². The number of aliphatic hydroxyl groups is 1. The third-order valence-electron chi connectivity index (χ3n) is 4.08. The van der Waals surface area contributed by atoms with Crippen molar-refractivity contribution in [3.8, 4) is 0 Å². The molecule has 0 saturated carbocycles. The summed E-state index contributed by atoms with van der Waals surface area (Å²) in [5, 5.41) is 9.67. The zero-order valence-corrected chi connectivity index (χ0v) is 12.3. The average Bonchev–Trinajstić information content (AvgIpc) is 2.40. The molecule has 0 amide bonds. The second kappa shape index (κ2) is 5.85. The maximum Gasteiger partial charge on any atom is 0.417 e. The van der Waals surface area contributed by atoms with E-state index < -0.39 is 11.8 Å². The minimum atomic E-state index is -4.54. The number of piperidine rings is 1. The third kappa shape index (κ3) is 3.49. The lowest BCUT2D eigenvalue weighted by Crippen LogP contribution is -2.53. The highest BCUT2D eigenvalue weighted by molar-refractivity contribution is 5.52. The van der Waals surface area contributed by atoms with Crippen LogP contribution in [0.25, 0.3) is 0 Å². The van der Waals surface area contributed by atoms with E-state index >= 15 is 0 Å². The molecule has 2 rings (SSSR count). The molecule has 1 aromatic carbocycles. The van der Waals surface area contributed by atoms with E-state index in [9.17, 15) is 18.3 Å². The molecule has 1 fully saturated rings. The van der Waals surface area contributed by atoms with E-state index in [0.29, 0.717) is 6.54 Å². The fourth-order valence-corrected chi connectivity index (χ4v) is 2.69. The van der Waals surface area contributed by atoms with Gasteiger partial charge in [-0.1, -0.05) is 18.2 Å². The van der Waals surface area contributed by atoms with Crippen LogP contribution in [0.1, 0.15) is 18.4 Å². The van der Waals surface area contributed by atoms with Crippen molar-refractivity contribution in [2.75, 3.05) is 32.1 Å². The van der Waals surface area contributed by atoms with Gasteiger partial charge in [0.1, 0.15) is 0 Å². The normalized spacial score (nSPS) is 19.5. The molecule has 0 aliphatic carbocycles. The molecule has 6 heteroatoms. The standard InChI is InChI=1S/C15H21F3N2O/c1-19(2)13-6-4-3-5-12(13)11-20-9-7-14(21,8-10-20)15(16,17)18/h3-6,21H,7-11H2,1-2H3. The van der Waals surface area contributed by atoms with Crippen LogP contribution in [-0.4, -0.2) is 49.0 Å². The molecule has 1 aliphatic rings. The van der Waals surface area contributed by atoms with E-state index in [0.717, 1.165) is 11.3 Å². The molecule has 0 spiro atoms. The molecule has 0 aromatic heterocycles. The van der Waals surface area contributed by atoms with E-state index in [1.165, 1.54) is 0 Å². The summed E-state index contributed by atoms with van der Waals surface area (Å²) in [6, 6.07) is 7.85. The van der Waals surface area contributed by atoms with Crippen LogP contribution in [0.5, 0.6) is 0 Å². The molecule has 3 nitrogen and oxygen atoms in total. The van der Waals surface area contributed by atoms with Gasteiger partial charge in [-0.2, -0.15) is 13.2 Å². The Labute approximate surface area is 123 Å². The topological polar surface area (TPSA) is 26.7 Å². The largest absolute Gasteiger partial charge is 0.417 e. The molecule has 0 atom stereocenters. The Balaban J connectivity index is 2.02. The average molecular weight is 302 g/mol. The Bertz CT molecular complexity index is 480. The van der Waals surface area contributed by atoms with Crippen molar-refractivity contribution in [2.45, 2.75) is 31.2 Å². The van der Waals surface area contributed by atoms with Gasteiger partial charge in [-0.15, -0.1) is 0 Å². The van der Waals surface area contributed by atoms with Crippen molar-refractivity contribution in [1.82, 2.24) is 4.90 Å². The van der Waals surface area contributed by atoms with Crippen LogP contribution in [0.4, 0.5) is 18.9 Å². The molecule has 118 valence electrons. The first-order chi connectivity index (χ1) is 9.73. The van der Waals surface area contributed by atoms with Gasteiger partial charge < -0.3 is 10.0 Å². The number of para-hydroxylation sites is 1. The minimum absolute atomic E-state index is 0.248. The second-order valence-electron chi connectivity index (χ2n) is 5.83. The number of alkyl halides is 3. The van der Waals surface area contributed by atoms with E-state index in [1.807, 2.05) is 48.2 Å². The first kappa shape index (κ1) is 16.1. The van der Waals surface area contributed by atoms with Crippen LogP contribution in [0.15, 0.2) is 24.3 Å². The molecule has 21 heavy (non-hydrogen) atoms. The van der Waals surface area contributed by atoms with Gasteiger partial charge >= 0.3 is 6.18 Å². The van der Waals surface area contributed by atoms with Crippen LogP contribution in [0.2, 0.25) is 0 Å². The van der Waals surface area contributed by atoms with Crippen molar-refractivity contribution >= 4 is 5.69 Å². The lowest BCUT2D eigenvalue weighted by atomic mass is 9.90. The van der Waals surface area contributed by atoms with Crippen molar-refractivity contribution in [2.24, 2.45) is 0 Å². The van der Waals surface area contributed by atoms with Crippen LogP contribution in [-0.2, 0) is 6.54 Å². The molecule has 0 bridgehead atoms. The summed E-state index contributed by atoms with van der Waals surface area (Å²) in [5.41, 5.74) is -0.376. The number of hydrogen-bond acceptors (Lipinski definition) is 3. The monoisotopic (exact) mass is 302 g/mol. The first-order valence-corrected chi connectivity index (χ1v) is 7.00. The number of hydrogen-bond donors (Lipinski definition) is 1. The number of rotatable bonds is 3. The van der Waals surface area contributed by atoms with Crippen LogP contribution >= 0.6 is 0 Å². The lowest BCUT2D eigenvalue weighted by molar-refractivity contribution is -0.272. The summed E-state index contributed by atoms with van der Waals surface area (Å²) in [5.74, 6) is 0. The van der Waals surface area contributed by atoms with Gasteiger partial charge in [0.25, 0.3) is 0 Å². The van der Waals surface area contributed by atoms with Gasteiger partial charge in [0, 0.05) is 39.4 Å². The van der Waals surface area contributed by atoms with Gasteiger partial charge in [0.05, 0.1) is 0 Å². The van der Waals surface area contributed by atoms with E-state index in [-0.39, 0.29) is 25.9 Å². The Hall–Kier alpha value is -1.27. The molecule has 1 heterocycles. The Morgan fingerprint density at radius 1 is 1.19 bits per heavy atom. The molecule has 1 aromatic rings. The Kier molecular flexibility index (Phi) is 4.49. The molecule has 1 N–H and O–H groups in total. The van der Waals surface area contributed by atoms with Crippen molar-refractivity contribution in [3.05, 3.63) is 29.8 Å². The first-order valence-electron chi connectivity index (χ1n) is 7.00. The highest BCUT2D eigenvalue weighted by atomic mass is 19.4. The second-order valence-corrected chi connectivity index (χ2v) is 5.83. The number of likely N-dealkylation sites (tertiary alicyclic amines) is 1. The summed E-state index contributed by atoms with van der Waals surface area (Å²) >= 11 is 0. The summed E-state index contributed by atoms with van der Waals surface area (Å²) in [6.07, 6.45) is -5.07. The zero-order chi connectivity index (χ0) is 15.7. The number of benzene rings is 1. The van der Waals surface area contributed by atoms with Gasteiger partial charge in [0.15, 0.2) is 5.60 Å². The zero-order valence-electron chi connectivity index (χ0n) is 12.3. The van der Waals surface area contributed by atoms with Gasteiger partial charge in [0.2, 0.25) is 0 Å². The Morgan fingerprint density at radius 2 is 1.76 bits per heavy atom. The predicted molar refractivity (Wildman–Crippen MR) is 76.3 cm³/mol. The van der Waals surface area contributed by atoms with Crippen LogP contribution < -0.4 is 4.90 Å². The highest BCUT2D eigenvalue weighted by Crippen LogP contribution is 2.38. The number of nitrogens with zero attached hydrogens (tertiary/aromatic N) is 2. The SMILES string of the molecule is CN(C)c1ccccc1CN1CCC(O)(C(F)(F)F)CC1. The smallest absolute Gasteiger partial charge is 0.380 e. The van der Waals surface area contributed by atoms with Gasteiger partial charge in [-0.05, 0) is 24.5 Å². The van der Waals surface area contributed by atoms with Crippen molar-refractivity contribution < 1.29 is 18.3 Å². The molecule has 0 unspecified atom stereocenters. The molecule has 1 saturated heterocycles. The minimum Gasteiger partial charge on any atom is -0.380 e. The van der Waals surface area contributed by atoms with Gasteiger partial charge in [-0.25, -0.2) is 0 Å². The fraction of sp³-hybridized carbons (Fsp3) is 0.600. The fourth-order valence-electron chi connectivity index (χ4n) is 2.69. The number of halogens is 3. The molecular weight excluding hydrogens is 281 g/mol. The molecule has 0 radical (unpaired) electrons. The quantitative estimate of drug-likeness (QED) is 0.930. The van der Waals surface area contributed by atoms with E-state index in [2.05, 4.69) is 0 Å².